The van der Waals surface area contributed by atoms with Gasteiger partial charge < -0.3 is 0 Å². The largest absolute Gasteiger partial charge is 0.272 e. The van der Waals surface area contributed by atoms with Crippen LogP contribution in [-0.4, -0.2) is 17.1 Å². The number of rotatable bonds is 4. The van der Waals surface area contributed by atoms with E-state index in [1.165, 1.54) is 11.1 Å². The predicted octanol–water partition coefficient (Wildman–Crippen LogP) is 3.03. The molecular formula is C14H15N3OS. The SMILES string of the molecule is CC(C)c1cc(C(=O)NN=Cc2ccccn2)cs1. The fourth-order valence-corrected chi connectivity index (χ4v) is 2.35. The third-order valence-electron chi connectivity index (χ3n) is 2.50. The summed E-state index contributed by atoms with van der Waals surface area (Å²) in [5.41, 5.74) is 3.85. The van der Waals surface area contributed by atoms with Crippen molar-refractivity contribution in [3.05, 3.63) is 52.0 Å². The van der Waals surface area contributed by atoms with Gasteiger partial charge in [-0.1, -0.05) is 19.9 Å². The zero-order chi connectivity index (χ0) is 13.7. The van der Waals surface area contributed by atoms with Crippen LogP contribution in [0.3, 0.4) is 0 Å². The average molecular weight is 273 g/mol. The van der Waals surface area contributed by atoms with Crippen LogP contribution in [0.15, 0.2) is 40.9 Å². The molecule has 0 saturated carbocycles. The Bertz CT molecular complexity index is 575. The number of hydrogen-bond acceptors (Lipinski definition) is 4. The normalized spacial score (nSPS) is 11.1. The summed E-state index contributed by atoms with van der Waals surface area (Å²) in [6.45, 7) is 4.21. The molecule has 1 amide bonds. The third-order valence-corrected chi connectivity index (χ3v) is 3.73. The molecule has 0 unspecified atom stereocenters. The number of thiophene rings is 1. The van der Waals surface area contributed by atoms with Crippen molar-refractivity contribution in [1.29, 1.82) is 0 Å². The van der Waals surface area contributed by atoms with Crippen LogP contribution >= 0.6 is 11.3 Å². The number of carbonyl (C=O) groups excluding carboxylic acids is 1. The first-order valence-electron chi connectivity index (χ1n) is 5.99. The molecule has 0 aliphatic heterocycles. The van der Waals surface area contributed by atoms with Crippen molar-refractivity contribution in [1.82, 2.24) is 10.4 Å². The molecule has 4 nitrogen and oxygen atoms in total. The number of amides is 1. The number of hydrazone groups is 1. The molecule has 0 radical (unpaired) electrons. The van der Waals surface area contributed by atoms with Gasteiger partial charge in [0, 0.05) is 16.5 Å². The molecule has 5 heteroatoms. The monoisotopic (exact) mass is 273 g/mol. The van der Waals surface area contributed by atoms with E-state index < -0.39 is 0 Å². The van der Waals surface area contributed by atoms with E-state index in [4.69, 9.17) is 0 Å². The molecule has 0 aliphatic rings. The Balaban J connectivity index is 1.96. The number of aromatic nitrogens is 1. The predicted molar refractivity (Wildman–Crippen MR) is 77.7 cm³/mol. The second kappa shape index (κ2) is 6.24. The van der Waals surface area contributed by atoms with Crippen molar-refractivity contribution in [2.45, 2.75) is 19.8 Å². The van der Waals surface area contributed by atoms with Crippen LogP contribution in [0.5, 0.6) is 0 Å². The molecule has 0 fully saturated rings. The van der Waals surface area contributed by atoms with Crippen molar-refractivity contribution in [3.8, 4) is 0 Å². The minimum Gasteiger partial charge on any atom is -0.267 e. The molecule has 0 bridgehead atoms. The Labute approximate surface area is 116 Å². The molecule has 0 aromatic carbocycles. The smallest absolute Gasteiger partial charge is 0.267 e. The maximum absolute atomic E-state index is 11.8. The van der Waals surface area contributed by atoms with Gasteiger partial charge >= 0.3 is 0 Å². The summed E-state index contributed by atoms with van der Waals surface area (Å²) in [4.78, 5) is 17.1. The van der Waals surface area contributed by atoms with Gasteiger partial charge in [0.2, 0.25) is 0 Å². The molecule has 2 heterocycles. The zero-order valence-electron chi connectivity index (χ0n) is 10.8. The highest BCUT2D eigenvalue weighted by atomic mass is 32.1. The minimum atomic E-state index is -0.199. The van der Waals surface area contributed by atoms with Gasteiger partial charge in [0.05, 0.1) is 17.5 Å². The molecule has 1 N–H and O–H groups in total. The van der Waals surface area contributed by atoms with Gasteiger partial charge in [-0.3, -0.25) is 9.78 Å². The molecular weight excluding hydrogens is 258 g/mol. The van der Waals surface area contributed by atoms with Gasteiger partial charge in [-0.15, -0.1) is 11.3 Å². The number of pyridine rings is 1. The number of nitrogens with zero attached hydrogens (tertiary/aromatic N) is 2. The third kappa shape index (κ3) is 3.72. The zero-order valence-corrected chi connectivity index (χ0v) is 11.6. The van der Waals surface area contributed by atoms with E-state index in [0.29, 0.717) is 17.2 Å². The Morgan fingerprint density at radius 2 is 2.32 bits per heavy atom. The Morgan fingerprint density at radius 1 is 1.47 bits per heavy atom. The van der Waals surface area contributed by atoms with Crippen molar-refractivity contribution >= 4 is 23.5 Å². The summed E-state index contributed by atoms with van der Waals surface area (Å²) < 4.78 is 0. The first-order valence-corrected chi connectivity index (χ1v) is 6.87. The Hall–Kier alpha value is -2.01. The van der Waals surface area contributed by atoms with Gasteiger partial charge in [-0.2, -0.15) is 5.10 Å². The summed E-state index contributed by atoms with van der Waals surface area (Å²) >= 11 is 1.59. The van der Waals surface area contributed by atoms with Crippen LogP contribution in [0.25, 0.3) is 0 Å². The quantitative estimate of drug-likeness (QED) is 0.687. The van der Waals surface area contributed by atoms with Crippen molar-refractivity contribution < 1.29 is 4.79 Å². The van der Waals surface area contributed by atoms with Crippen molar-refractivity contribution in [2.24, 2.45) is 5.10 Å². The number of nitrogens with one attached hydrogen (secondary N) is 1. The van der Waals surface area contributed by atoms with E-state index in [1.807, 2.05) is 29.6 Å². The van der Waals surface area contributed by atoms with Crippen LogP contribution in [-0.2, 0) is 0 Å². The lowest BCUT2D eigenvalue weighted by molar-refractivity contribution is 0.0955. The summed E-state index contributed by atoms with van der Waals surface area (Å²) in [5.74, 6) is 0.235. The average Bonchev–Trinajstić information content (AvgIpc) is 2.89. The summed E-state index contributed by atoms with van der Waals surface area (Å²) in [6, 6.07) is 7.41. The first kappa shape index (κ1) is 13.4. The minimum absolute atomic E-state index is 0.199. The van der Waals surface area contributed by atoms with Crippen LogP contribution < -0.4 is 5.43 Å². The highest BCUT2D eigenvalue weighted by Crippen LogP contribution is 2.22. The molecule has 2 aromatic heterocycles. The van der Waals surface area contributed by atoms with Gasteiger partial charge in [-0.25, -0.2) is 5.43 Å². The lowest BCUT2D eigenvalue weighted by Gasteiger charge is -1.98. The Morgan fingerprint density at radius 3 is 2.95 bits per heavy atom. The molecule has 2 rings (SSSR count). The van der Waals surface area contributed by atoms with E-state index in [9.17, 15) is 4.79 Å². The molecule has 2 aromatic rings. The fourth-order valence-electron chi connectivity index (χ4n) is 1.45. The van der Waals surface area contributed by atoms with Gasteiger partial charge in [0.1, 0.15) is 0 Å². The van der Waals surface area contributed by atoms with Gasteiger partial charge in [0.15, 0.2) is 0 Å². The second-order valence-corrected chi connectivity index (χ2v) is 5.29. The molecule has 0 atom stereocenters. The lowest BCUT2D eigenvalue weighted by Crippen LogP contribution is -2.16. The maximum atomic E-state index is 11.8. The summed E-state index contributed by atoms with van der Waals surface area (Å²) in [6.07, 6.45) is 3.20. The highest BCUT2D eigenvalue weighted by molar-refractivity contribution is 7.10. The van der Waals surface area contributed by atoms with Gasteiger partial charge in [0.25, 0.3) is 5.91 Å². The molecule has 0 aliphatic carbocycles. The van der Waals surface area contributed by atoms with E-state index in [-0.39, 0.29) is 5.91 Å². The molecule has 0 spiro atoms. The lowest BCUT2D eigenvalue weighted by atomic mass is 10.1. The van der Waals surface area contributed by atoms with E-state index in [2.05, 4.69) is 29.4 Å². The second-order valence-electron chi connectivity index (χ2n) is 4.35. The first-order chi connectivity index (χ1) is 9.16. The summed E-state index contributed by atoms with van der Waals surface area (Å²) in [5, 5.41) is 5.74. The molecule has 19 heavy (non-hydrogen) atoms. The van der Waals surface area contributed by atoms with Crippen molar-refractivity contribution in [2.75, 3.05) is 0 Å². The molecule has 98 valence electrons. The topological polar surface area (TPSA) is 54.4 Å². The fraction of sp³-hybridized carbons (Fsp3) is 0.214. The van der Waals surface area contributed by atoms with Crippen molar-refractivity contribution in [3.63, 3.8) is 0 Å². The standard InChI is InChI=1S/C14H15N3OS/c1-10(2)13-7-11(9-19-13)14(18)17-16-8-12-5-3-4-6-15-12/h3-10H,1-2H3,(H,17,18). The van der Waals surface area contributed by atoms with Crippen LogP contribution in [0.4, 0.5) is 0 Å². The Kier molecular flexibility index (Phi) is 4.41. The van der Waals surface area contributed by atoms with Crippen LogP contribution in [0, 0.1) is 0 Å². The highest BCUT2D eigenvalue weighted by Gasteiger charge is 2.09. The van der Waals surface area contributed by atoms with Gasteiger partial charge in [-0.05, 0) is 24.1 Å². The number of carbonyl (C=O) groups is 1. The number of hydrogen-bond donors (Lipinski definition) is 1. The van der Waals surface area contributed by atoms with E-state index in [1.54, 1.807) is 17.5 Å². The van der Waals surface area contributed by atoms with Crippen LogP contribution in [0.1, 0.15) is 40.7 Å². The van der Waals surface area contributed by atoms with E-state index >= 15 is 0 Å². The summed E-state index contributed by atoms with van der Waals surface area (Å²) in [7, 11) is 0. The van der Waals surface area contributed by atoms with Crippen LogP contribution in [0.2, 0.25) is 0 Å². The maximum Gasteiger partial charge on any atom is 0.272 e. The molecule has 0 saturated heterocycles. The van der Waals surface area contributed by atoms with E-state index in [0.717, 1.165) is 0 Å².